The third kappa shape index (κ3) is 5.52. The number of Topliss-reactive ketones (excluding diaryl/α,β-unsaturated/α-hetero) is 1. The van der Waals surface area contributed by atoms with Crippen LogP contribution in [0.1, 0.15) is 39.0 Å². The van der Waals surface area contributed by atoms with Gasteiger partial charge in [0.05, 0.1) is 11.6 Å². The molecule has 1 amide bonds. The van der Waals surface area contributed by atoms with Crippen LogP contribution in [0.5, 0.6) is 5.75 Å². The molecule has 1 atom stereocenters. The number of rotatable bonds is 10. The van der Waals surface area contributed by atoms with Crippen molar-refractivity contribution < 1.29 is 23.8 Å². The molecule has 10 heteroatoms. The molecule has 198 valence electrons. The number of carbonyl (C=O) groups excluding carboxylic acids is 2. The summed E-state index contributed by atoms with van der Waals surface area (Å²) in [6.07, 6.45) is 1.62. The van der Waals surface area contributed by atoms with Gasteiger partial charge >= 0.3 is 0 Å². The molecule has 3 heterocycles. The number of aliphatic hydroxyl groups excluding tert-OH is 1. The fraction of sp³-hybridized carbons (Fsp3) is 0.172. The van der Waals surface area contributed by atoms with E-state index in [1.807, 2.05) is 6.92 Å². The Kier molecular flexibility index (Phi) is 7.67. The number of hydrogen-bond donors (Lipinski definition) is 1. The number of thioether (sulfide) groups is 1. The molecular weight excluding hydrogens is 534 g/mol. The van der Waals surface area contributed by atoms with Gasteiger partial charge in [0, 0.05) is 5.75 Å². The lowest BCUT2D eigenvalue weighted by molar-refractivity contribution is -0.117. The van der Waals surface area contributed by atoms with E-state index >= 15 is 0 Å². The molecule has 0 fully saturated rings. The Hall–Kier alpha value is -4.15. The van der Waals surface area contributed by atoms with Gasteiger partial charge in [0.15, 0.2) is 15.9 Å². The Morgan fingerprint density at radius 2 is 1.97 bits per heavy atom. The Bertz CT molecular complexity index is 1570. The summed E-state index contributed by atoms with van der Waals surface area (Å²) in [4.78, 5) is 28.3. The summed E-state index contributed by atoms with van der Waals surface area (Å²) in [6.45, 7) is 7.70. The van der Waals surface area contributed by atoms with Crippen LogP contribution in [-0.4, -0.2) is 33.6 Å². The van der Waals surface area contributed by atoms with E-state index in [2.05, 4.69) is 41.0 Å². The Morgan fingerprint density at radius 1 is 1.18 bits per heavy atom. The normalized spacial score (nSPS) is 15.2. The molecule has 1 unspecified atom stereocenters. The van der Waals surface area contributed by atoms with Gasteiger partial charge in [-0.3, -0.25) is 14.5 Å². The van der Waals surface area contributed by atoms with Crippen molar-refractivity contribution in [2.75, 3.05) is 11.5 Å². The first kappa shape index (κ1) is 26.5. The van der Waals surface area contributed by atoms with Crippen LogP contribution in [0.3, 0.4) is 0 Å². The van der Waals surface area contributed by atoms with Crippen LogP contribution < -0.4 is 9.64 Å². The molecule has 1 aliphatic heterocycles. The third-order valence-electron chi connectivity index (χ3n) is 6.04. The summed E-state index contributed by atoms with van der Waals surface area (Å²) in [5, 5.41) is 19.8. The van der Waals surface area contributed by atoms with Gasteiger partial charge in [-0.1, -0.05) is 77.7 Å². The fourth-order valence-electron chi connectivity index (χ4n) is 4.16. The highest BCUT2D eigenvalue weighted by atomic mass is 32.2. The highest BCUT2D eigenvalue weighted by Gasteiger charge is 2.46. The topological polar surface area (TPSA) is 106 Å². The van der Waals surface area contributed by atoms with Gasteiger partial charge < -0.3 is 14.3 Å². The summed E-state index contributed by atoms with van der Waals surface area (Å²) < 4.78 is 11.9. The predicted molar refractivity (Wildman–Crippen MR) is 150 cm³/mol. The van der Waals surface area contributed by atoms with Crippen molar-refractivity contribution in [3.05, 3.63) is 113 Å². The number of hydrogen-bond acceptors (Lipinski definition) is 9. The van der Waals surface area contributed by atoms with Crippen molar-refractivity contribution in [3.63, 3.8) is 0 Å². The van der Waals surface area contributed by atoms with Crippen molar-refractivity contribution in [2.24, 2.45) is 0 Å². The van der Waals surface area contributed by atoms with Gasteiger partial charge in [0.25, 0.3) is 5.91 Å². The van der Waals surface area contributed by atoms with E-state index in [1.165, 1.54) is 39.6 Å². The number of ketones is 1. The van der Waals surface area contributed by atoms with Gasteiger partial charge in [0.1, 0.15) is 18.1 Å². The smallest absolute Gasteiger partial charge is 0.296 e. The first-order valence-corrected chi connectivity index (χ1v) is 13.9. The Morgan fingerprint density at radius 3 is 2.69 bits per heavy atom. The summed E-state index contributed by atoms with van der Waals surface area (Å²) >= 11 is 2.71. The number of ether oxygens (including phenoxy) is 1. The number of benzene rings is 2. The number of carbonyl (C=O) groups is 2. The first-order valence-electron chi connectivity index (χ1n) is 12.1. The zero-order valence-electron chi connectivity index (χ0n) is 21.3. The standard InChI is InChI=1S/C29H25N3O5S2/c1-4-14-36-21-7-5-6-20(15-21)24-23(25(33)22-13-10-18(3)37-22)26(34)27(35)32(24)28-30-31-29(39-28)38-16-19-11-8-17(2)9-12-19/h4-13,15,24,34H,1,14,16H2,2-3H3. The second-order valence-electron chi connectivity index (χ2n) is 8.88. The molecule has 0 bridgehead atoms. The lowest BCUT2D eigenvalue weighted by Gasteiger charge is -2.24. The molecule has 2 aromatic carbocycles. The SMILES string of the molecule is C=CCOc1cccc(C2C(C(=O)c3ccc(C)o3)=C(O)C(=O)N2c2nnc(SCc3ccc(C)cc3)s2)c1. The minimum absolute atomic E-state index is 0.0272. The molecule has 0 saturated carbocycles. The molecule has 0 saturated heterocycles. The van der Waals surface area contributed by atoms with Crippen LogP contribution in [0.4, 0.5) is 5.13 Å². The minimum Gasteiger partial charge on any atom is -0.503 e. The van der Waals surface area contributed by atoms with Crippen LogP contribution in [0.15, 0.2) is 93.4 Å². The van der Waals surface area contributed by atoms with Crippen molar-refractivity contribution in [2.45, 2.75) is 30.0 Å². The second-order valence-corrected chi connectivity index (χ2v) is 11.1. The Balaban J connectivity index is 1.50. The maximum Gasteiger partial charge on any atom is 0.296 e. The Labute approximate surface area is 233 Å². The van der Waals surface area contributed by atoms with E-state index in [0.717, 1.165) is 5.56 Å². The monoisotopic (exact) mass is 559 g/mol. The van der Waals surface area contributed by atoms with E-state index < -0.39 is 23.5 Å². The maximum absolute atomic E-state index is 13.6. The molecule has 1 aliphatic rings. The van der Waals surface area contributed by atoms with Gasteiger partial charge in [-0.2, -0.15) is 0 Å². The van der Waals surface area contributed by atoms with Gasteiger partial charge in [0.2, 0.25) is 10.9 Å². The van der Waals surface area contributed by atoms with Crippen molar-refractivity contribution in [3.8, 4) is 5.75 Å². The molecule has 2 aromatic heterocycles. The maximum atomic E-state index is 13.6. The average molecular weight is 560 g/mol. The van der Waals surface area contributed by atoms with Crippen LogP contribution in [0.25, 0.3) is 0 Å². The third-order valence-corrected chi connectivity index (χ3v) is 8.17. The average Bonchev–Trinajstić information content (AvgIpc) is 3.65. The zero-order chi connectivity index (χ0) is 27.5. The van der Waals surface area contributed by atoms with Gasteiger partial charge in [-0.05, 0) is 49.2 Å². The number of furan rings is 1. The molecule has 0 aliphatic carbocycles. The summed E-state index contributed by atoms with van der Waals surface area (Å²) in [5.74, 6) is -0.207. The fourth-order valence-corrected chi connectivity index (χ4v) is 5.98. The van der Waals surface area contributed by atoms with Gasteiger partial charge in [-0.25, -0.2) is 0 Å². The molecule has 39 heavy (non-hydrogen) atoms. The highest BCUT2D eigenvalue weighted by molar-refractivity contribution is 8.00. The number of anilines is 1. The van der Waals surface area contributed by atoms with Crippen LogP contribution in [-0.2, 0) is 10.5 Å². The highest BCUT2D eigenvalue weighted by Crippen LogP contribution is 2.44. The number of amides is 1. The van der Waals surface area contributed by atoms with E-state index in [0.29, 0.717) is 27.2 Å². The lowest BCUT2D eigenvalue weighted by atomic mass is 9.95. The number of aryl methyl sites for hydroxylation is 2. The molecule has 5 rings (SSSR count). The molecule has 8 nitrogen and oxygen atoms in total. The summed E-state index contributed by atoms with van der Waals surface area (Å²) in [7, 11) is 0. The summed E-state index contributed by atoms with van der Waals surface area (Å²) in [6, 6.07) is 17.4. The molecule has 0 spiro atoms. The van der Waals surface area contributed by atoms with Crippen LogP contribution >= 0.6 is 23.1 Å². The van der Waals surface area contributed by atoms with E-state index in [1.54, 1.807) is 43.3 Å². The van der Waals surface area contributed by atoms with Crippen LogP contribution in [0, 0.1) is 13.8 Å². The molecule has 0 radical (unpaired) electrons. The van der Waals surface area contributed by atoms with Crippen molar-refractivity contribution >= 4 is 39.9 Å². The number of nitrogens with zero attached hydrogens (tertiary/aromatic N) is 3. The predicted octanol–water partition coefficient (Wildman–Crippen LogP) is 6.39. The lowest BCUT2D eigenvalue weighted by Crippen LogP contribution is -2.31. The number of aromatic nitrogens is 2. The molecular formula is C29H25N3O5S2. The van der Waals surface area contributed by atoms with E-state index in [9.17, 15) is 14.7 Å². The van der Waals surface area contributed by atoms with Crippen LogP contribution in [0.2, 0.25) is 0 Å². The van der Waals surface area contributed by atoms with Crippen molar-refractivity contribution in [1.29, 1.82) is 0 Å². The second kappa shape index (κ2) is 11.3. The van der Waals surface area contributed by atoms with Crippen molar-refractivity contribution in [1.82, 2.24) is 10.2 Å². The minimum atomic E-state index is -0.967. The zero-order valence-corrected chi connectivity index (χ0v) is 22.9. The van der Waals surface area contributed by atoms with E-state index in [4.69, 9.17) is 9.15 Å². The largest absolute Gasteiger partial charge is 0.503 e. The summed E-state index contributed by atoms with van der Waals surface area (Å²) in [5.41, 5.74) is 2.78. The quantitative estimate of drug-likeness (QED) is 0.103. The number of aliphatic hydroxyl groups is 1. The molecule has 4 aromatic rings. The first-order chi connectivity index (χ1) is 18.9. The van der Waals surface area contributed by atoms with E-state index in [-0.39, 0.29) is 23.1 Å². The van der Waals surface area contributed by atoms with Gasteiger partial charge in [-0.15, -0.1) is 10.2 Å². The molecule has 1 N–H and O–H groups in total.